The maximum absolute atomic E-state index is 13.7. The van der Waals surface area contributed by atoms with Gasteiger partial charge in [-0.05, 0) is 0 Å². The minimum absolute atomic E-state index is 0.00838. The monoisotopic (exact) mass is 444 g/mol. The van der Waals surface area contributed by atoms with E-state index in [0.29, 0.717) is 0 Å². The quantitative estimate of drug-likeness (QED) is 0.324. The molecule has 11 heteroatoms. The number of carbonyl (C=O) groups is 5. The number of urea groups is 1. The Morgan fingerprint density at radius 1 is 0.531 bits per heavy atom. The third-order valence-electron chi connectivity index (χ3n) is 5.98. The smallest absolute Gasteiger partial charge is 0.336 e. The maximum atomic E-state index is 13.7. The summed E-state index contributed by atoms with van der Waals surface area (Å²) in [5.74, 6) is -3.03. The third-order valence-corrected chi connectivity index (χ3v) is 5.98. The standard InChI is InChI=1S/C21H20N2O9/c1-29-17(24)13-9-5-6-10(14(13)18(25)30-2)22(9)21(28)23-11-7-8-12(23)16(20(27)32-4)15(11)19(26)31-3/h5-12H,1-4H3. The summed E-state index contributed by atoms with van der Waals surface area (Å²) in [6.07, 6.45) is 6.45. The van der Waals surface area contributed by atoms with Gasteiger partial charge in [0.2, 0.25) is 0 Å². The van der Waals surface area contributed by atoms with E-state index >= 15 is 0 Å². The van der Waals surface area contributed by atoms with Gasteiger partial charge in [-0.1, -0.05) is 24.3 Å². The number of carbonyl (C=O) groups excluding carboxylic acids is 5. The molecule has 2 amide bonds. The maximum Gasteiger partial charge on any atom is 0.336 e. The molecule has 0 aromatic carbocycles. The lowest BCUT2D eigenvalue weighted by molar-refractivity contribution is -0.139. The SMILES string of the molecule is COC(=O)C1=C(C(=O)OC)C2C=CC1N2C(=O)N1C2C=CC1C(C(=O)OC)=C2C(=O)OC. The fourth-order valence-electron chi connectivity index (χ4n) is 4.69. The van der Waals surface area contributed by atoms with Crippen molar-refractivity contribution in [2.24, 2.45) is 0 Å². The average molecular weight is 444 g/mol. The Hall–Kier alpha value is -3.89. The van der Waals surface area contributed by atoms with Crippen LogP contribution >= 0.6 is 0 Å². The first kappa shape index (κ1) is 21.3. The Morgan fingerprint density at radius 2 is 0.750 bits per heavy atom. The fourth-order valence-corrected chi connectivity index (χ4v) is 4.69. The molecule has 0 aromatic heterocycles. The van der Waals surface area contributed by atoms with Crippen LogP contribution < -0.4 is 0 Å². The van der Waals surface area contributed by atoms with Gasteiger partial charge in [0.05, 0.1) is 74.9 Å². The van der Waals surface area contributed by atoms with Crippen molar-refractivity contribution < 1.29 is 42.9 Å². The topological polar surface area (TPSA) is 129 Å². The van der Waals surface area contributed by atoms with Gasteiger partial charge in [0.1, 0.15) is 0 Å². The zero-order valence-corrected chi connectivity index (χ0v) is 17.7. The molecule has 4 aliphatic rings. The third kappa shape index (κ3) is 2.70. The van der Waals surface area contributed by atoms with Crippen LogP contribution in [0, 0.1) is 0 Å². The Kier molecular flexibility index (Phi) is 5.11. The number of esters is 4. The van der Waals surface area contributed by atoms with Gasteiger partial charge in [0.15, 0.2) is 0 Å². The largest absolute Gasteiger partial charge is 0.466 e. The van der Waals surface area contributed by atoms with E-state index in [9.17, 15) is 24.0 Å². The highest BCUT2D eigenvalue weighted by Gasteiger charge is 2.56. The zero-order chi connectivity index (χ0) is 23.3. The molecular weight excluding hydrogens is 424 g/mol. The molecule has 0 saturated heterocycles. The van der Waals surface area contributed by atoms with E-state index in [-0.39, 0.29) is 22.3 Å². The Bertz CT molecular complexity index is 913. The predicted octanol–water partition coefficient (Wildman–Crippen LogP) is -0.363. The summed E-state index contributed by atoms with van der Waals surface area (Å²) >= 11 is 0. The van der Waals surface area contributed by atoms with Crippen LogP contribution in [0.4, 0.5) is 4.79 Å². The molecule has 4 aliphatic heterocycles. The van der Waals surface area contributed by atoms with Gasteiger partial charge in [-0.25, -0.2) is 24.0 Å². The number of rotatable bonds is 4. The molecule has 168 valence electrons. The van der Waals surface area contributed by atoms with E-state index in [4.69, 9.17) is 18.9 Å². The summed E-state index contributed by atoms with van der Waals surface area (Å²) < 4.78 is 19.3. The molecule has 4 atom stereocenters. The lowest BCUT2D eigenvalue weighted by Gasteiger charge is -2.32. The molecule has 4 bridgehead atoms. The highest BCUT2D eigenvalue weighted by atomic mass is 16.5. The number of amides is 2. The van der Waals surface area contributed by atoms with E-state index in [1.807, 2.05) is 0 Å². The van der Waals surface area contributed by atoms with Crippen molar-refractivity contribution >= 4 is 29.9 Å². The van der Waals surface area contributed by atoms with Crippen LogP contribution in [0.3, 0.4) is 0 Å². The average Bonchev–Trinajstić information content (AvgIpc) is 3.58. The number of ether oxygens (including phenoxy) is 4. The lowest BCUT2D eigenvalue weighted by atomic mass is 9.97. The molecular formula is C21H20N2O9. The second kappa shape index (κ2) is 7.66. The van der Waals surface area contributed by atoms with Gasteiger partial charge in [0, 0.05) is 0 Å². The van der Waals surface area contributed by atoms with Gasteiger partial charge < -0.3 is 28.7 Å². The molecule has 4 rings (SSSR count). The first-order valence-electron chi connectivity index (χ1n) is 9.60. The molecule has 11 nitrogen and oxygen atoms in total. The van der Waals surface area contributed by atoms with Crippen LogP contribution in [0.2, 0.25) is 0 Å². The van der Waals surface area contributed by atoms with Crippen LogP contribution in [-0.4, -0.2) is 92.3 Å². The van der Waals surface area contributed by atoms with Crippen molar-refractivity contribution in [3.8, 4) is 0 Å². The molecule has 4 heterocycles. The van der Waals surface area contributed by atoms with Crippen molar-refractivity contribution in [2.45, 2.75) is 24.2 Å². The molecule has 32 heavy (non-hydrogen) atoms. The number of fused-ring (bicyclic) bond motifs is 4. The molecule has 0 aromatic rings. The van der Waals surface area contributed by atoms with Crippen LogP contribution in [-0.2, 0) is 38.1 Å². The molecule has 4 unspecified atom stereocenters. The minimum Gasteiger partial charge on any atom is -0.466 e. The van der Waals surface area contributed by atoms with Crippen LogP contribution in [0.1, 0.15) is 0 Å². The zero-order valence-electron chi connectivity index (χ0n) is 17.7. The second-order valence-electron chi connectivity index (χ2n) is 7.27. The first-order valence-corrected chi connectivity index (χ1v) is 9.60. The van der Waals surface area contributed by atoms with E-state index in [1.54, 1.807) is 24.3 Å². The van der Waals surface area contributed by atoms with Gasteiger partial charge in [-0.2, -0.15) is 0 Å². The molecule has 0 aliphatic carbocycles. The van der Waals surface area contributed by atoms with Crippen molar-refractivity contribution in [2.75, 3.05) is 28.4 Å². The predicted molar refractivity (Wildman–Crippen MR) is 105 cm³/mol. The molecule has 0 fully saturated rings. The van der Waals surface area contributed by atoms with Crippen molar-refractivity contribution in [3.05, 3.63) is 46.6 Å². The number of hydrogen-bond donors (Lipinski definition) is 0. The fraction of sp³-hybridized carbons (Fsp3) is 0.381. The minimum atomic E-state index is -0.864. The first-order chi connectivity index (χ1) is 15.3. The van der Waals surface area contributed by atoms with Gasteiger partial charge in [-0.3, -0.25) is 0 Å². The number of nitrogens with zero attached hydrogens (tertiary/aromatic N) is 2. The van der Waals surface area contributed by atoms with Crippen LogP contribution in [0.15, 0.2) is 46.6 Å². The van der Waals surface area contributed by atoms with Gasteiger partial charge in [-0.15, -0.1) is 0 Å². The Morgan fingerprint density at radius 3 is 0.938 bits per heavy atom. The van der Waals surface area contributed by atoms with Crippen LogP contribution in [0.5, 0.6) is 0 Å². The highest BCUT2D eigenvalue weighted by molar-refractivity contribution is 6.08. The Labute approximate surface area is 182 Å². The van der Waals surface area contributed by atoms with Gasteiger partial charge >= 0.3 is 29.9 Å². The lowest BCUT2D eigenvalue weighted by Crippen LogP contribution is -2.51. The van der Waals surface area contributed by atoms with Crippen LogP contribution in [0.25, 0.3) is 0 Å². The van der Waals surface area contributed by atoms with E-state index in [2.05, 4.69) is 0 Å². The number of hydrogen-bond acceptors (Lipinski definition) is 9. The summed E-state index contributed by atoms with van der Waals surface area (Å²) in [5, 5.41) is 0. The normalized spacial score (nSPS) is 26.8. The molecule has 0 N–H and O–H groups in total. The number of methoxy groups -OCH3 is 4. The molecule has 0 saturated carbocycles. The molecule has 0 radical (unpaired) electrons. The van der Waals surface area contributed by atoms with Crippen molar-refractivity contribution in [1.29, 1.82) is 0 Å². The summed E-state index contributed by atoms with van der Waals surface area (Å²) in [5.41, 5.74) is 0.0335. The summed E-state index contributed by atoms with van der Waals surface area (Å²) in [7, 11) is 4.69. The summed E-state index contributed by atoms with van der Waals surface area (Å²) in [6.45, 7) is 0. The Balaban J connectivity index is 1.70. The van der Waals surface area contributed by atoms with Crippen molar-refractivity contribution in [1.82, 2.24) is 9.80 Å². The van der Waals surface area contributed by atoms with E-state index in [0.717, 1.165) is 0 Å². The summed E-state index contributed by atoms with van der Waals surface area (Å²) in [4.78, 5) is 66.0. The second-order valence-corrected chi connectivity index (χ2v) is 7.27. The molecule has 0 spiro atoms. The van der Waals surface area contributed by atoms with Gasteiger partial charge in [0.25, 0.3) is 0 Å². The van der Waals surface area contributed by atoms with E-state index in [1.165, 1.54) is 38.2 Å². The van der Waals surface area contributed by atoms with Crippen molar-refractivity contribution in [3.63, 3.8) is 0 Å². The van der Waals surface area contributed by atoms with E-state index < -0.39 is 54.1 Å². The highest BCUT2D eigenvalue weighted by Crippen LogP contribution is 2.44. The summed E-state index contributed by atoms with van der Waals surface area (Å²) in [6, 6.07) is -4.05.